The largest absolute Gasteiger partial charge is 0.383 e. The summed E-state index contributed by atoms with van der Waals surface area (Å²) in [5, 5.41) is 2.82. The zero-order chi connectivity index (χ0) is 24.1. The van der Waals surface area contributed by atoms with Crippen LogP contribution in [0.15, 0.2) is 58.4 Å². The molecule has 0 aliphatic carbocycles. The molecular weight excluding hydrogens is 454 g/mol. The molecule has 34 heavy (non-hydrogen) atoms. The number of aryl methyl sites for hydroxylation is 1. The Morgan fingerprint density at radius 3 is 2.56 bits per heavy atom. The van der Waals surface area contributed by atoms with Crippen molar-refractivity contribution in [1.29, 1.82) is 0 Å². The number of ether oxygens (including phenoxy) is 1. The van der Waals surface area contributed by atoms with E-state index in [4.69, 9.17) is 4.74 Å². The van der Waals surface area contributed by atoms with E-state index in [1.54, 1.807) is 23.0 Å². The van der Waals surface area contributed by atoms with Crippen molar-refractivity contribution in [1.82, 2.24) is 24.0 Å². The van der Waals surface area contributed by atoms with Crippen LogP contribution in [0.25, 0.3) is 11.2 Å². The highest BCUT2D eigenvalue weighted by molar-refractivity contribution is 7.11. The van der Waals surface area contributed by atoms with Gasteiger partial charge in [0.25, 0.3) is 5.56 Å². The van der Waals surface area contributed by atoms with Gasteiger partial charge in [0.1, 0.15) is 6.54 Å². The summed E-state index contributed by atoms with van der Waals surface area (Å²) >= 11 is 1.63. The minimum atomic E-state index is -0.571. The van der Waals surface area contributed by atoms with Gasteiger partial charge in [0.05, 0.1) is 26.0 Å². The Morgan fingerprint density at radius 2 is 1.85 bits per heavy atom. The number of imidazole rings is 1. The predicted molar refractivity (Wildman–Crippen MR) is 131 cm³/mol. The molecule has 0 saturated heterocycles. The van der Waals surface area contributed by atoms with Crippen molar-refractivity contribution < 1.29 is 9.53 Å². The van der Waals surface area contributed by atoms with Crippen LogP contribution in [0.2, 0.25) is 0 Å². The zero-order valence-electron chi connectivity index (χ0n) is 19.2. The van der Waals surface area contributed by atoms with Crippen molar-refractivity contribution >= 4 is 28.4 Å². The molecule has 4 rings (SSSR count). The van der Waals surface area contributed by atoms with E-state index < -0.39 is 17.2 Å². The highest BCUT2D eigenvalue weighted by atomic mass is 32.1. The van der Waals surface area contributed by atoms with E-state index in [0.717, 1.165) is 21.4 Å². The Balaban J connectivity index is 1.68. The molecule has 4 aromatic rings. The van der Waals surface area contributed by atoms with Gasteiger partial charge in [-0.05, 0) is 24.1 Å². The number of fused-ring (bicyclic) bond motifs is 1. The summed E-state index contributed by atoms with van der Waals surface area (Å²) in [5.41, 5.74) is 0.329. The Labute approximate surface area is 200 Å². The molecule has 0 saturated carbocycles. The molecule has 0 radical (unpaired) electrons. The third-order valence-corrected chi connectivity index (χ3v) is 6.76. The van der Waals surface area contributed by atoms with Gasteiger partial charge < -0.3 is 14.6 Å². The third-order valence-electron chi connectivity index (χ3n) is 5.53. The summed E-state index contributed by atoms with van der Waals surface area (Å²) < 4.78 is 9.23. The normalized spacial score (nSPS) is 11.2. The number of hydrogen-bond acceptors (Lipinski definition) is 6. The summed E-state index contributed by atoms with van der Waals surface area (Å²) in [6.45, 7) is 3.07. The van der Waals surface area contributed by atoms with Crippen molar-refractivity contribution in [2.45, 2.75) is 39.5 Å². The highest BCUT2D eigenvalue weighted by Crippen LogP contribution is 2.16. The monoisotopic (exact) mass is 481 g/mol. The molecule has 0 bridgehead atoms. The van der Waals surface area contributed by atoms with Gasteiger partial charge >= 0.3 is 5.69 Å². The second-order valence-corrected chi connectivity index (χ2v) is 9.10. The quantitative estimate of drug-likeness (QED) is 0.373. The zero-order valence-corrected chi connectivity index (χ0v) is 20.0. The van der Waals surface area contributed by atoms with Crippen molar-refractivity contribution in [3.8, 4) is 0 Å². The maximum absolute atomic E-state index is 13.4. The fourth-order valence-electron chi connectivity index (χ4n) is 3.74. The van der Waals surface area contributed by atoms with Crippen LogP contribution in [0, 0.1) is 0 Å². The van der Waals surface area contributed by atoms with Crippen LogP contribution in [0.4, 0.5) is 0 Å². The maximum Gasteiger partial charge on any atom is 0.333 e. The van der Waals surface area contributed by atoms with Gasteiger partial charge in [0.2, 0.25) is 5.91 Å². The average molecular weight is 482 g/mol. The summed E-state index contributed by atoms with van der Waals surface area (Å²) in [5.74, 6) is -0.404. The standard InChI is InChI=1S/C24H27N5O4S/c1-3-18-9-10-19(34-18)13-25-20(30)15-29-23(31)21-22(26-16-27(21)11-12-33-2)28(24(29)32)14-17-7-5-4-6-8-17/h4-10,16H,3,11-15H2,1-2H3,(H,25,30). The van der Waals surface area contributed by atoms with E-state index >= 15 is 0 Å². The first-order valence-corrected chi connectivity index (χ1v) is 11.9. The average Bonchev–Trinajstić information content (AvgIpc) is 3.49. The fourth-order valence-corrected chi connectivity index (χ4v) is 4.64. The Hall–Kier alpha value is -3.50. The predicted octanol–water partition coefficient (Wildman–Crippen LogP) is 1.99. The van der Waals surface area contributed by atoms with Crippen LogP contribution in [-0.2, 0) is 42.1 Å². The molecule has 178 valence electrons. The van der Waals surface area contributed by atoms with Crippen molar-refractivity contribution in [2.75, 3.05) is 13.7 Å². The van der Waals surface area contributed by atoms with E-state index in [-0.39, 0.29) is 24.3 Å². The summed E-state index contributed by atoms with van der Waals surface area (Å²) in [7, 11) is 1.57. The van der Waals surface area contributed by atoms with Gasteiger partial charge in [-0.2, -0.15) is 0 Å². The van der Waals surface area contributed by atoms with E-state index in [0.29, 0.717) is 19.7 Å². The number of nitrogens with zero attached hydrogens (tertiary/aromatic N) is 4. The molecule has 0 aliphatic rings. The van der Waals surface area contributed by atoms with E-state index in [9.17, 15) is 14.4 Å². The lowest BCUT2D eigenvalue weighted by Crippen LogP contribution is -2.44. The lowest BCUT2D eigenvalue weighted by molar-refractivity contribution is -0.121. The number of benzene rings is 1. The van der Waals surface area contributed by atoms with Crippen LogP contribution in [0.1, 0.15) is 22.2 Å². The second-order valence-electron chi connectivity index (χ2n) is 7.85. The lowest BCUT2D eigenvalue weighted by Gasteiger charge is -2.13. The van der Waals surface area contributed by atoms with Gasteiger partial charge in [-0.25, -0.2) is 14.3 Å². The lowest BCUT2D eigenvalue weighted by atomic mass is 10.2. The van der Waals surface area contributed by atoms with Gasteiger partial charge in [-0.1, -0.05) is 37.3 Å². The second kappa shape index (κ2) is 10.6. The summed E-state index contributed by atoms with van der Waals surface area (Å²) in [6, 6.07) is 13.5. The third kappa shape index (κ3) is 5.02. The minimum Gasteiger partial charge on any atom is -0.383 e. The molecule has 10 heteroatoms. The van der Waals surface area contributed by atoms with E-state index in [1.165, 1.54) is 15.8 Å². The molecule has 0 unspecified atom stereocenters. The molecule has 1 amide bonds. The van der Waals surface area contributed by atoms with Crippen molar-refractivity contribution in [3.63, 3.8) is 0 Å². The number of thiophene rings is 1. The van der Waals surface area contributed by atoms with Crippen molar-refractivity contribution in [2.24, 2.45) is 0 Å². The van der Waals surface area contributed by atoms with Gasteiger partial charge in [-0.3, -0.25) is 14.2 Å². The smallest absolute Gasteiger partial charge is 0.333 e. The number of nitrogens with one attached hydrogen (secondary N) is 1. The SMILES string of the molecule is CCc1ccc(CNC(=O)Cn2c(=O)c3c(ncn3CCOC)n(Cc3ccccc3)c2=O)s1. The fraction of sp³-hybridized carbons (Fsp3) is 0.333. The van der Waals surface area contributed by atoms with Gasteiger partial charge in [0.15, 0.2) is 11.2 Å². The Kier molecular flexibility index (Phi) is 7.39. The minimum absolute atomic E-state index is 0.231. The van der Waals surface area contributed by atoms with Crippen LogP contribution in [-0.4, -0.2) is 38.3 Å². The van der Waals surface area contributed by atoms with Gasteiger partial charge in [0, 0.05) is 23.4 Å². The van der Waals surface area contributed by atoms with Crippen LogP contribution < -0.4 is 16.6 Å². The maximum atomic E-state index is 13.4. The van der Waals surface area contributed by atoms with E-state index in [2.05, 4.69) is 17.2 Å². The van der Waals surface area contributed by atoms with Crippen LogP contribution in [0.3, 0.4) is 0 Å². The van der Waals surface area contributed by atoms with Crippen molar-refractivity contribution in [3.05, 3.63) is 84.9 Å². The first-order valence-electron chi connectivity index (χ1n) is 11.1. The molecule has 0 atom stereocenters. The molecule has 1 aromatic carbocycles. The molecule has 3 aromatic heterocycles. The topological polar surface area (TPSA) is 100 Å². The molecule has 0 spiro atoms. The highest BCUT2D eigenvalue weighted by Gasteiger charge is 2.20. The number of hydrogen-bond donors (Lipinski definition) is 1. The Morgan fingerprint density at radius 1 is 1.09 bits per heavy atom. The number of amides is 1. The number of methoxy groups -OCH3 is 1. The first kappa shape index (κ1) is 23.7. The summed E-state index contributed by atoms with van der Waals surface area (Å²) in [4.78, 5) is 46.0. The molecular formula is C24H27N5O4S. The van der Waals surface area contributed by atoms with E-state index in [1.807, 2.05) is 42.5 Å². The van der Waals surface area contributed by atoms with Crippen LogP contribution in [0.5, 0.6) is 0 Å². The number of aromatic nitrogens is 4. The molecule has 3 heterocycles. The molecule has 0 fully saturated rings. The Bertz CT molecular complexity index is 1400. The molecule has 0 aliphatic heterocycles. The van der Waals surface area contributed by atoms with Crippen LogP contribution >= 0.6 is 11.3 Å². The number of carbonyl (C=O) groups excluding carboxylic acids is 1. The first-order chi connectivity index (χ1) is 16.5. The number of carbonyl (C=O) groups is 1. The molecule has 1 N–H and O–H groups in total. The molecule has 9 nitrogen and oxygen atoms in total. The summed E-state index contributed by atoms with van der Waals surface area (Å²) in [6.07, 6.45) is 2.46. The number of rotatable bonds is 10. The van der Waals surface area contributed by atoms with Gasteiger partial charge in [-0.15, -0.1) is 11.3 Å².